The molecule has 0 unspecified atom stereocenters. The van der Waals surface area contributed by atoms with Gasteiger partial charge in [-0.1, -0.05) is 29.8 Å². The highest BCUT2D eigenvalue weighted by Gasteiger charge is 2.10. The van der Waals surface area contributed by atoms with Crippen molar-refractivity contribution in [1.82, 2.24) is 5.32 Å². The molecule has 0 radical (unpaired) electrons. The summed E-state index contributed by atoms with van der Waals surface area (Å²) in [5, 5.41) is 3.21. The summed E-state index contributed by atoms with van der Waals surface area (Å²) in [5.41, 5.74) is 1.17. The number of rotatable bonds is 3. The molecule has 1 aromatic rings. The molecule has 1 aliphatic heterocycles. The summed E-state index contributed by atoms with van der Waals surface area (Å²) in [6.45, 7) is 1.80. The second kappa shape index (κ2) is 5.47. The zero-order valence-corrected chi connectivity index (χ0v) is 9.11. The minimum atomic E-state index is -0.181. The van der Waals surface area contributed by atoms with Gasteiger partial charge in [-0.15, -0.1) is 0 Å². The molecule has 84 valence electrons. The van der Waals surface area contributed by atoms with E-state index < -0.39 is 0 Å². The largest absolute Gasteiger partial charge is 0.426 e. The van der Waals surface area contributed by atoms with Crippen LogP contribution in [0.25, 0.3) is 0 Å². The minimum Gasteiger partial charge on any atom is -0.426 e. The standard InChI is InChI=1S/C13H15NO2/c15-13(10-11-6-8-14-9-7-11)16-12-4-2-1-3-5-12/h1-6,14H,7-10H2. The molecular formula is C13H15NO2. The number of hydrogen-bond acceptors (Lipinski definition) is 3. The van der Waals surface area contributed by atoms with Gasteiger partial charge < -0.3 is 10.1 Å². The van der Waals surface area contributed by atoms with Gasteiger partial charge in [0.2, 0.25) is 0 Å². The summed E-state index contributed by atoms with van der Waals surface area (Å²) in [4.78, 5) is 11.6. The van der Waals surface area contributed by atoms with Gasteiger partial charge in [0.25, 0.3) is 0 Å². The highest BCUT2D eigenvalue weighted by Crippen LogP contribution is 2.13. The topological polar surface area (TPSA) is 38.3 Å². The molecule has 0 spiro atoms. The van der Waals surface area contributed by atoms with Crippen molar-refractivity contribution in [1.29, 1.82) is 0 Å². The van der Waals surface area contributed by atoms with Crippen molar-refractivity contribution in [3.63, 3.8) is 0 Å². The van der Waals surface area contributed by atoms with Crippen LogP contribution in [0.1, 0.15) is 12.8 Å². The van der Waals surface area contributed by atoms with E-state index in [1.165, 1.54) is 5.57 Å². The molecule has 3 nitrogen and oxygen atoms in total. The van der Waals surface area contributed by atoms with Crippen molar-refractivity contribution in [2.45, 2.75) is 12.8 Å². The van der Waals surface area contributed by atoms with E-state index in [2.05, 4.69) is 11.4 Å². The van der Waals surface area contributed by atoms with Crippen molar-refractivity contribution in [2.24, 2.45) is 0 Å². The Labute approximate surface area is 95.1 Å². The van der Waals surface area contributed by atoms with E-state index in [-0.39, 0.29) is 5.97 Å². The number of hydrogen-bond donors (Lipinski definition) is 1. The quantitative estimate of drug-likeness (QED) is 0.477. The maximum Gasteiger partial charge on any atom is 0.315 e. The van der Waals surface area contributed by atoms with Gasteiger partial charge in [0, 0.05) is 6.54 Å². The van der Waals surface area contributed by atoms with Gasteiger partial charge >= 0.3 is 5.97 Å². The van der Waals surface area contributed by atoms with E-state index in [4.69, 9.17) is 4.74 Å². The molecule has 1 aromatic carbocycles. The third kappa shape index (κ3) is 3.21. The summed E-state index contributed by atoms with van der Waals surface area (Å²) in [6, 6.07) is 9.18. The van der Waals surface area contributed by atoms with Gasteiger partial charge in [0.05, 0.1) is 6.42 Å². The second-order valence-electron chi connectivity index (χ2n) is 3.78. The lowest BCUT2D eigenvalue weighted by atomic mass is 10.1. The van der Waals surface area contributed by atoms with Gasteiger partial charge in [-0.3, -0.25) is 4.79 Å². The third-order valence-corrected chi connectivity index (χ3v) is 2.50. The Morgan fingerprint density at radius 3 is 2.81 bits per heavy atom. The van der Waals surface area contributed by atoms with Crippen LogP contribution in [0.2, 0.25) is 0 Å². The van der Waals surface area contributed by atoms with E-state index in [1.54, 1.807) is 12.1 Å². The zero-order chi connectivity index (χ0) is 11.2. The summed E-state index contributed by atoms with van der Waals surface area (Å²) >= 11 is 0. The maximum atomic E-state index is 11.6. The molecule has 2 rings (SSSR count). The van der Waals surface area contributed by atoms with Crippen molar-refractivity contribution < 1.29 is 9.53 Å². The predicted octanol–water partition coefficient (Wildman–Crippen LogP) is 1.90. The van der Waals surface area contributed by atoms with E-state index in [0.29, 0.717) is 12.2 Å². The monoisotopic (exact) mass is 217 g/mol. The van der Waals surface area contributed by atoms with Crippen LogP contribution in [0.5, 0.6) is 5.75 Å². The maximum absolute atomic E-state index is 11.6. The predicted molar refractivity (Wildman–Crippen MR) is 62.3 cm³/mol. The smallest absolute Gasteiger partial charge is 0.315 e. The van der Waals surface area contributed by atoms with Crippen LogP contribution in [0.4, 0.5) is 0 Å². The highest BCUT2D eigenvalue weighted by atomic mass is 16.5. The van der Waals surface area contributed by atoms with Crippen LogP contribution in [0, 0.1) is 0 Å². The number of benzene rings is 1. The molecule has 1 heterocycles. The average molecular weight is 217 g/mol. The molecule has 1 aliphatic rings. The normalized spacial score (nSPS) is 15.4. The molecule has 0 aliphatic carbocycles. The first-order chi connectivity index (χ1) is 7.84. The summed E-state index contributed by atoms with van der Waals surface area (Å²) in [6.07, 6.45) is 3.40. The second-order valence-corrected chi connectivity index (χ2v) is 3.78. The number of para-hydroxylation sites is 1. The van der Waals surface area contributed by atoms with Crippen LogP contribution in [0.15, 0.2) is 42.0 Å². The van der Waals surface area contributed by atoms with E-state index in [9.17, 15) is 4.79 Å². The molecule has 0 atom stereocenters. The number of carbonyl (C=O) groups excluding carboxylic acids is 1. The van der Waals surface area contributed by atoms with Crippen molar-refractivity contribution in [3.05, 3.63) is 42.0 Å². The summed E-state index contributed by atoms with van der Waals surface area (Å²) in [7, 11) is 0. The molecule has 3 heteroatoms. The third-order valence-electron chi connectivity index (χ3n) is 2.50. The fourth-order valence-corrected chi connectivity index (χ4v) is 1.67. The van der Waals surface area contributed by atoms with Gasteiger partial charge in [0.1, 0.15) is 5.75 Å². The zero-order valence-electron chi connectivity index (χ0n) is 9.11. The van der Waals surface area contributed by atoms with Crippen molar-refractivity contribution in [2.75, 3.05) is 13.1 Å². The highest BCUT2D eigenvalue weighted by molar-refractivity contribution is 5.75. The fraction of sp³-hybridized carbons (Fsp3) is 0.308. The summed E-state index contributed by atoms with van der Waals surface area (Å²) < 4.78 is 5.22. The van der Waals surface area contributed by atoms with E-state index in [1.807, 2.05) is 18.2 Å². The van der Waals surface area contributed by atoms with Crippen LogP contribution in [-0.4, -0.2) is 19.1 Å². The van der Waals surface area contributed by atoms with Crippen LogP contribution in [0.3, 0.4) is 0 Å². The lowest BCUT2D eigenvalue weighted by Crippen LogP contribution is -2.22. The average Bonchev–Trinajstić information content (AvgIpc) is 2.31. The first-order valence-corrected chi connectivity index (χ1v) is 5.49. The molecule has 0 aromatic heterocycles. The van der Waals surface area contributed by atoms with E-state index in [0.717, 1.165) is 19.5 Å². The molecule has 0 saturated carbocycles. The Hall–Kier alpha value is -1.61. The van der Waals surface area contributed by atoms with Gasteiger partial charge in [-0.2, -0.15) is 0 Å². The summed E-state index contributed by atoms with van der Waals surface area (Å²) in [5.74, 6) is 0.432. The lowest BCUT2D eigenvalue weighted by Gasteiger charge is -2.13. The molecule has 1 N–H and O–H groups in total. The molecular weight excluding hydrogens is 202 g/mol. The Morgan fingerprint density at radius 1 is 1.31 bits per heavy atom. The van der Waals surface area contributed by atoms with E-state index >= 15 is 0 Å². The van der Waals surface area contributed by atoms with Gasteiger partial charge in [0.15, 0.2) is 0 Å². The lowest BCUT2D eigenvalue weighted by molar-refractivity contribution is -0.133. The Morgan fingerprint density at radius 2 is 2.12 bits per heavy atom. The van der Waals surface area contributed by atoms with Crippen molar-refractivity contribution >= 4 is 5.97 Å². The van der Waals surface area contributed by atoms with Crippen LogP contribution < -0.4 is 10.1 Å². The SMILES string of the molecule is O=C(CC1=CCNCC1)Oc1ccccc1. The first kappa shape index (κ1) is 10.9. The molecule has 0 saturated heterocycles. The number of carbonyl (C=O) groups is 1. The number of ether oxygens (including phenoxy) is 1. The minimum absolute atomic E-state index is 0.181. The molecule has 0 amide bonds. The van der Waals surface area contributed by atoms with Crippen LogP contribution >= 0.6 is 0 Å². The first-order valence-electron chi connectivity index (χ1n) is 5.49. The van der Waals surface area contributed by atoms with Gasteiger partial charge in [-0.25, -0.2) is 0 Å². The van der Waals surface area contributed by atoms with Crippen LogP contribution in [-0.2, 0) is 4.79 Å². The Bertz CT molecular complexity index is 384. The Balaban J connectivity index is 1.87. The number of esters is 1. The number of nitrogens with one attached hydrogen (secondary N) is 1. The Kier molecular flexibility index (Phi) is 3.72. The molecule has 16 heavy (non-hydrogen) atoms. The van der Waals surface area contributed by atoms with Gasteiger partial charge in [-0.05, 0) is 25.1 Å². The van der Waals surface area contributed by atoms with Crippen molar-refractivity contribution in [3.8, 4) is 5.75 Å². The fourth-order valence-electron chi connectivity index (χ4n) is 1.67. The molecule has 0 bridgehead atoms. The molecule has 0 fully saturated rings.